The number of amides is 2. The molecule has 3 fully saturated rings. The highest BCUT2D eigenvalue weighted by Crippen LogP contribution is 2.38. The summed E-state index contributed by atoms with van der Waals surface area (Å²) in [5.74, 6) is 0.00396. The first-order valence-electron chi connectivity index (χ1n) is 9.32. The van der Waals surface area contributed by atoms with Crippen molar-refractivity contribution in [2.75, 3.05) is 26.2 Å². The van der Waals surface area contributed by atoms with E-state index in [9.17, 15) is 9.59 Å². The van der Waals surface area contributed by atoms with Gasteiger partial charge in [-0.2, -0.15) is 0 Å². The predicted octanol–water partition coefficient (Wildman–Crippen LogP) is 1.86. The van der Waals surface area contributed by atoms with Crippen LogP contribution in [0.2, 0.25) is 0 Å². The Morgan fingerprint density at radius 3 is 2.80 bits per heavy atom. The minimum atomic E-state index is -0.350. The van der Waals surface area contributed by atoms with Crippen LogP contribution in [0.15, 0.2) is 24.5 Å². The molecule has 0 bridgehead atoms. The van der Waals surface area contributed by atoms with Gasteiger partial charge in [0.05, 0.1) is 17.8 Å². The van der Waals surface area contributed by atoms with Crippen molar-refractivity contribution in [3.8, 4) is 0 Å². The summed E-state index contributed by atoms with van der Waals surface area (Å²) in [6, 6.07) is 3.18. The molecular weight excluding hydrogens is 318 g/mol. The van der Waals surface area contributed by atoms with E-state index in [1.54, 1.807) is 29.4 Å². The van der Waals surface area contributed by atoms with E-state index in [0.717, 1.165) is 32.1 Å². The van der Waals surface area contributed by atoms with Crippen LogP contribution in [-0.4, -0.2) is 64.5 Å². The summed E-state index contributed by atoms with van der Waals surface area (Å²) >= 11 is 0. The van der Waals surface area contributed by atoms with Gasteiger partial charge in [0.1, 0.15) is 6.04 Å². The summed E-state index contributed by atoms with van der Waals surface area (Å²) in [7, 11) is 0. The Morgan fingerprint density at radius 2 is 2.08 bits per heavy atom. The highest BCUT2D eigenvalue weighted by atomic mass is 16.5. The summed E-state index contributed by atoms with van der Waals surface area (Å²) in [5, 5.41) is 0. The maximum absolute atomic E-state index is 13.2. The zero-order valence-electron chi connectivity index (χ0n) is 14.5. The predicted molar refractivity (Wildman–Crippen MR) is 92.0 cm³/mol. The second-order valence-corrected chi connectivity index (χ2v) is 7.40. The first-order valence-corrected chi connectivity index (χ1v) is 9.32. The Hall–Kier alpha value is -1.95. The van der Waals surface area contributed by atoms with Gasteiger partial charge in [0.25, 0.3) is 5.91 Å². The van der Waals surface area contributed by atoms with Crippen LogP contribution in [0.3, 0.4) is 0 Å². The Balaban J connectivity index is 1.50. The number of nitrogens with zero attached hydrogens (tertiary/aromatic N) is 3. The quantitative estimate of drug-likeness (QED) is 0.822. The number of hydrogen-bond acceptors (Lipinski definition) is 4. The third-order valence-electron chi connectivity index (χ3n) is 5.78. The lowest BCUT2D eigenvalue weighted by atomic mass is 9.78. The van der Waals surface area contributed by atoms with Crippen molar-refractivity contribution in [2.45, 2.75) is 50.2 Å². The second-order valence-electron chi connectivity index (χ2n) is 7.40. The number of piperidine rings is 1. The lowest BCUT2D eigenvalue weighted by Crippen LogP contribution is -2.61. The first kappa shape index (κ1) is 16.5. The number of likely N-dealkylation sites (tertiary alicyclic amines) is 1. The van der Waals surface area contributed by atoms with Gasteiger partial charge in [-0.05, 0) is 50.7 Å². The summed E-state index contributed by atoms with van der Waals surface area (Å²) in [5.41, 5.74) is 0.445. The van der Waals surface area contributed by atoms with Crippen molar-refractivity contribution in [2.24, 2.45) is 0 Å². The van der Waals surface area contributed by atoms with Crippen LogP contribution >= 0.6 is 0 Å². The second kappa shape index (κ2) is 6.75. The third-order valence-corrected chi connectivity index (χ3v) is 5.78. The van der Waals surface area contributed by atoms with E-state index in [1.807, 2.05) is 4.90 Å². The molecule has 1 atom stereocenters. The van der Waals surface area contributed by atoms with E-state index in [2.05, 4.69) is 4.98 Å². The van der Waals surface area contributed by atoms with Crippen LogP contribution in [-0.2, 0) is 9.53 Å². The number of morpholine rings is 1. The molecule has 1 aliphatic carbocycles. The van der Waals surface area contributed by atoms with Gasteiger partial charge in [-0.1, -0.05) is 0 Å². The number of pyridine rings is 1. The number of hydrogen-bond donors (Lipinski definition) is 0. The fourth-order valence-electron chi connectivity index (χ4n) is 4.20. The van der Waals surface area contributed by atoms with Crippen LogP contribution in [0.1, 0.15) is 48.9 Å². The molecule has 134 valence electrons. The van der Waals surface area contributed by atoms with E-state index in [1.165, 1.54) is 6.42 Å². The first-order chi connectivity index (χ1) is 12.2. The van der Waals surface area contributed by atoms with Gasteiger partial charge >= 0.3 is 0 Å². The number of rotatable bonds is 2. The molecule has 0 N–H and O–H groups in total. The average molecular weight is 343 g/mol. The smallest absolute Gasteiger partial charge is 0.256 e. The topological polar surface area (TPSA) is 62.7 Å². The van der Waals surface area contributed by atoms with Gasteiger partial charge in [-0.15, -0.1) is 0 Å². The van der Waals surface area contributed by atoms with Gasteiger partial charge in [-0.3, -0.25) is 14.6 Å². The minimum absolute atomic E-state index is 0.0854. The molecule has 1 unspecified atom stereocenters. The number of ether oxygens (including phenoxy) is 1. The minimum Gasteiger partial charge on any atom is -0.371 e. The maximum Gasteiger partial charge on any atom is 0.256 e. The summed E-state index contributed by atoms with van der Waals surface area (Å²) < 4.78 is 5.93. The molecule has 4 rings (SSSR count). The van der Waals surface area contributed by atoms with E-state index in [0.29, 0.717) is 31.8 Å². The molecular formula is C19H25N3O3. The zero-order valence-corrected chi connectivity index (χ0v) is 14.5. The Labute approximate surface area is 148 Å². The molecule has 2 aliphatic heterocycles. The summed E-state index contributed by atoms with van der Waals surface area (Å²) in [6.45, 7) is 2.55. The number of carbonyl (C=O) groups excluding carboxylic acids is 2. The van der Waals surface area contributed by atoms with Crippen molar-refractivity contribution in [1.29, 1.82) is 0 Å². The SMILES string of the molecule is O=C(C1CCCCN1C(=O)c1cccnc1)N1CCOC2(CCC2)C1. The highest BCUT2D eigenvalue weighted by molar-refractivity contribution is 5.97. The van der Waals surface area contributed by atoms with Gasteiger partial charge in [0.2, 0.25) is 5.91 Å². The standard InChI is InChI=1S/C19H25N3O3/c23-17(15-5-3-9-20-13-15)22-10-2-1-6-16(22)18(24)21-11-12-25-19(14-21)7-4-8-19/h3,5,9,13,16H,1-2,4,6-8,10-12,14H2. The molecule has 1 spiro atoms. The fourth-order valence-corrected chi connectivity index (χ4v) is 4.20. The average Bonchev–Trinajstić information content (AvgIpc) is 2.66. The molecule has 2 saturated heterocycles. The van der Waals surface area contributed by atoms with Crippen LogP contribution in [0.5, 0.6) is 0 Å². The normalized spacial score (nSPS) is 25.5. The van der Waals surface area contributed by atoms with Crippen molar-refractivity contribution in [3.63, 3.8) is 0 Å². The Kier molecular flexibility index (Phi) is 4.46. The van der Waals surface area contributed by atoms with E-state index >= 15 is 0 Å². The highest BCUT2D eigenvalue weighted by Gasteiger charge is 2.45. The molecule has 0 radical (unpaired) electrons. The van der Waals surface area contributed by atoms with Crippen molar-refractivity contribution in [1.82, 2.24) is 14.8 Å². The van der Waals surface area contributed by atoms with Gasteiger partial charge in [0, 0.05) is 32.0 Å². The van der Waals surface area contributed by atoms with Gasteiger partial charge in [-0.25, -0.2) is 0 Å². The largest absolute Gasteiger partial charge is 0.371 e. The zero-order chi connectivity index (χ0) is 17.3. The van der Waals surface area contributed by atoms with E-state index < -0.39 is 0 Å². The lowest BCUT2D eigenvalue weighted by Gasteiger charge is -2.49. The van der Waals surface area contributed by atoms with Crippen LogP contribution in [0, 0.1) is 0 Å². The van der Waals surface area contributed by atoms with E-state index in [-0.39, 0.29) is 23.5 Å². The van der Waals surface area contributed by atoms with Crippen molar-refractivity contribution < 1.29 is 14.3 Å². The van der Waals surface area contributed by atoms with Gasteiger partial charge < -0.3 is 14.5 Å². The number of carbonyl (C=O) groups is 2. The van der Waals surface area contributed by atoms with Gasteiger partial charge in [0.15, 0.2) is 0 Å². The molecule has 3 aliphatic rings. The molecule has 2 amide bonds. The third kappa shape index (κ3) is 3.15. The molecule has 1 aromatic heterocycles. The molecule has 25 heavy (non-hydrogen) atoms. The monoisotopic (exact) mass is 343 g/mol. The van der Waals surface area contributed by atoms with Crippen molar-refractivity contribution >= 4 is 11.8 Å². The molecule has 1 aromatic rings. The maximum atomic E-state index is 13.2. The summed E-state index contributed by atoms with van der Waals surface area (Å²) in [6.07, 6.45) is 9.18. The molecule has 6 nitrogen and oxygen atoms in total. The van der Waals surface area contributed by atoms with Crippen LogP contribution in [0.25, 0.3) is 0 Å². The van der Waals surface area contributed by atoms with Crippen molar-refractivity contribution in [3.05, 3.63) is 30.1 Å². The van der Waals surface area contributed by atoms with Crippen LogP contribution < -0.4 is 0 Å². The van der Waals surface area contributed by atoms with Crippen LogP contribution in [0.4, 0.5) is 0 Å². The molecule has 1 saturated carbocycles. The molecule has 3 heterocycles. The number of aromatic nitrogens is 1. The van der Waals surface area contributed by atoms with E-state index in [4.69, 9.17) is 4.74 Å². The Bertz CT molecular complexity index is 645. The summed E-state index contributed by atoms with van der Waals surface area (Å²) in [4.78, 5) is 33.8. The molecule has 6 heteroatoms. The lowest BCUT2D eigenvalue weighted by molar-refractivity contribution is -0.171. The Morgan fingerprint density at radius 1 is 1.20 bits per heavy atom. The molecule has 0 aromatic carbocycles. The fraction of sp³-hybridized carbons (Fsp3) is 0.632.